The number of rotatable bonds is 4. The highest BCUT2D eigenvalue weighted by Gasteiger charge is 2.15. The molecule has 0 radical (unpaired) electrons. The smallest absolute Gasteiger partial charge is 0.473 e. The molecular formula is C16H12F2N2O4. The van der Waals surface area contributed by atoms with Gasteiger partial charge in [0.05, 0.1) is 11.8 Å². The van der Waals surface area contributed by atoms with E-state index >= 15 is 0 Å². The Balaban J connectivity index is 1.95. The Labute approximate surface area is 134 Å². The largest absolute Gasteiger partial charge is 0.511 e. The molecule has 3 aromatic rings. The second-order valence-electron chi connectivity index (χ2n) is 5.03. The average Bonchev–Trinajstić information content (AvgIpc) is 2.89. The lowest BCUT2D eigenvalue weighted by Gasteiger charge is -2.10. The van der Waals surface area contributed by atoms with E-state index in [9.17, 15) is 13.6 Å². The van der Waals surface area contributed by atoms with Crippen molar-refractivity contribution in [1.29, 1.82) is 0 Å². The molecule has 0 saturated heterocycles. The first-order chi connectivity index (χ1) is 11.5. The molecule has 1 aromatic carbocycles. The first kappa shape index (κ1) is 15.7. The number of carboxylic acid groups (broad SMARTS) is 1. The van der Waals surface area contributed by atoms with Gasteiger partial charge in [-0.1, -0.05) is 6.07 Å². The molecule has 2 heterocycles. The minimum Gasteiger partial charge on any atom is -0.473 e. The predicted octanol–water partition coefficient (Wildman–Crippen LogP) is 3.56. The molecule has 0 amide bonds. The molecule has 1 N–H and O–H groups in total. The van der Waals surface area contributed by atoms with Crippen LogP contribution in [0.2, 0.25) is 0 Å². The fourth-order valence-electron chi connectivity index (χ4n) is 2.26. The molecule has 0 unspecified atom stereocenters. The zero-order valence-electron chi connectivity index (χ0n) is 12.5. The third-order valence-corrected chi connectivity index (χ3v) is 3.32. The Morgan fingerprint density at radius 3 is 2.67 bits per heavy atom. The van der Waals surface area contributed by atoms with E-state index in [2.05, 4.69) is 9.84 Å². The van der Waals surface area contributed by atoms with Gasteiger partial charge in [-0.05, 0) is 30.7 Å². The molecule has 8 heteroatoms. The van der Waals surface area contributed by atoms with Crippen LogP contribution in [0.25, 0.3) is 5.52 Å². The molecule has 0 aliphatic heterocycles. The minimum atomic E-state index is -1.47. The van der Waals surface area contributed by atoms with E-state index in [0.717, 1.165) is 17.7 Å². The molecule has 24 heavy (non-hydrogen) atoms. The molecule has 0 fully saturated rings. The standard InChI is InChI=1S/C16H12F2N2O4/c1-9-5-13-14(24-16(21)22)7-19-20(13)15(6-9)23-8-10-11(17)3-2-4-12(10)18/h2-7H,8H2,1H3,(H,21,22). The van der Waals surface area contributed by atoms with Gasteiger partial charge in [0, 0.05) is 6.07 Å². The normalized spacial score (nSPS) is 10.8. The highest BCUT2D eigenvalue weighted by molar-refractivity contribution is 5.69. The number of fused-ring (bicyclic) bond motifs is 1. The third-order valence-electron chi connectivity index (χ3n) is 3.32. The maximum absolute atomic E-state index is 13.7. The van der Waals surface area contributed by atoms with E-state index in [1.54, 1.807) is 19.1 Å². The summed E-state index contributed by atoms with van der Waals surface area (Å²) in [7, 11) is 0. The number of hydrogen-bond acceptors (Lipinski definition) is 4. The van der Waals surface area contributed by atoms with E-state index in [4.69, 9.17) is 9.84 Å². The van der Waals surface area contributed by atoms with Gasteiger partial charge in [-0.25, -0.2) is 13.6 Å². The average molecular weight is 334 g/mol. The maximum Gasteiger partial charge on any atom is 0.511 e. The van der Waals surface area contributed by atoms with Crippen molar-refractivity contribution in [3.63, 3.8) is 0 Å². The monoisotopic (exact) mass is 334 g/mol. The predicted molar refractivity (Wildman–Crippen MR) is 79.3 cm³/mol. The van der Waals surface area contributed by atoms with Gasteiger partial charge in [-0.15, -0.1) is 0 Å². The number of ether oxygens (including phenoxy) is 2. The molecule has 0 spiro atoms. The van der Waals surface area contributed by atoms with Crippen LogP contribution in [-0.4, -0.2) is 20.9 Å². The molecule has 0 saturated carbocycles. The molecule has 0 aliphatic carbocycles. The molecule has 0 aliphatic rings. The molecular weight excluding hydrogens is 322 g/mol. The maximum atomic E-state index is 13.7. The summed E-state index contributed by atoms with van der Waals surface area (Å²) in [4.78, 5) is 10.7. The molecule has 6 nitrogen and oxygen atoms in total. The van der Waals surface area contributed by atoms with Gasteiger partial charge in [0.2, 0.25) is 5.88 Å². The Morgan fingerprint density at radius 2 is 2.00 bits per heavy atom. The lowest BCUT2D eigenvalue weighted by molar-refractivity contribution is 0.145. The van der Waals surface area contributed by atoms with Crippen LogP contribution in [0.4, 0.5) is 13.6 Å². The molecule has 0 bridgehead atoms. The van der Waals surface area contributed by atoms with E-state index in [1.165, 1.54) is 16.8 Å². The van der Waals surface area contributed by atoms with E-state index in [0.29, 0.717) is 5.52 Å². The highest BCUT2D eigenvalue weighted by atomic mass is 19.1. The Bertz CT molecular complexity index is 904. The summed E-state index contributed by atoms with van der Waals surface area (Å²) in [5.41, 5.74) is 0.893. The van der Waals surface area contributed by atoms with Crippen molar-refractivity contribution in [2.24, 2.45) is 0 Å². The first-order valence-corrected chi connectivity index (χ1v) is 6.90. The van der Waals surface area contributed by atoms with Crippen molar-refractivity contribution >= 4 is 11.7 Å². The van der Waals surface area contributed by atoms with Crippen molar-refractivity contribution in [3.8, 4) is 11.6 Å². The summed E-state index contributed by atoms with van der Waals surface area (Å²) in [6.45, 7) is 1.42. The van der Waals surface area contributed by atoms with Gasteiger partial charge in [0.1, 0.15) is 23.8 Å². The number of carbonyl (C=O) groups is 1. The van der Waals surface area contributed by atoms with Gasteiger partial charge in [-0.2, -0.15) is 9.61 Å². The Morgan fingerprint density at radius 1 is 1.29 bits per heavy atom. The summed E-state index contributed by atoms with van der Waals surface area (Å²) >= 11 is 0. The summed E-state index contributed by atoms with van der Waals surface area (Å²) in [5, 5.41) is 12.7. The molecule has 0 atom stereocenters. The minimum absolute atomic E-state index is 0.0353. The van der Waals surface area contributed by atoms with Crippen LogP contribution in [0.5, 0.6) is 11.6 Å². The number of hydrogen-bond donors (Lipinski definition) is 1. The van der Waals surface area contributed by atoms with E-state index < -0.39 is 17.8 Å². The fraction of sp³-hybridized carbons (Fsp3) is 0.125. The second kappa shape index (κ2) is 6.15. The number of aromatic nitrogens is 2. The Hall–Kier alpha value is -3.16. The third kappa shape index (κ3) is 2.98. The Kier molecular flexibility index (Phi) is 4.03. The zero-order valence-corrected chi connectivity index (χ0v) is 12.5. The lowest BCUT2D eigenvalue weighted by Crippen LogP contribution is -2.06. The van der Waals surface area contributed by atoms with Crippen LogP contribution in [0.15, 0.2) is 36.5 Å². The van der Waals surface area contributed by atoms with E-state index in [-0.39, 0.29) is 23.8 Å². The molecule has 2 aromatic heterocycles. The first-order valence-electron chi connectivity index (χ1n) is 6.90. The summed E-state index contributed by atoms with van der Waals surface area (Å²) in [5.74, 6) is -1.19. The van der Waals surface area contributed by atoms with Crippen molar-refractivity contribution in [3.05, 3.63) is 59.3 Å². The number of pyridine rings is 1. The number of nitrogens with zero attached hydrogens (tertiary/aromatic N) is 2. The lowest BCUT2D eigenvalue weighted by atomic mass is 10.2. The number of aryl methyl sites for hydroxylation is 1. The van der Waals surface area contributed by atoms with Crippen LogP contribution in [0.1, 0.15) is 11.1 Å². The number of halogens is 2. The quantitative estimate of drug-likeness (QED) is 0.739. The highest BCUT2D eigenvalue weighted by Crippen LogP contribution is 2.26. The molecule has 124 valence electrons. The van der Waals surface area contributed by atoms with Crippen LogP contribution < -0.4 is 9.47 Å². The van der Waals surface area contributed by atoms with Gasteiger partial charge >= 0.3 is 6.16 Å². The topological polar surface area (TPSA) is 73.1 Å². The zero-order chi connectivity index (χ0) is 17.3. The van der Waals surface area contributed by atoms with Crippen molar-refractivity contribution in [2.75, 3.05) is 0 Å². The summed E-state index contributed by atoms with van der Waals surface area (Å²) < 4.78 is 38.7. The van der Waals surface area contributed by atoms with Gasteiger partial charge in [0.15, 0.2) is 5.75 Å². The van der Waals surface area contributed by atoms with Crippen LogP contribution in [-0.2, 0) is 6.61 Å². The van der Waals surface area contributed by atoms with Crippen LogP contribution >= 0.6 is 0 Å². The molecule has 3 rings (SSSR count). The van der Waals surface area contributed by atoms with Crippen molar-refractivity contribution in [2.45, 2.75) is 13.5 Å². The summed E-state index contributed by atoms with van der Waals surface area (Å²) in [6, 6.07) is 6.81. The summed E-state index contributed by atoms with van der Waals surface area (Å²) in [6.07, 6.45) is -0.248. The van der Waals surface area contributed by atoms with E-state index in [1.807, 2.05) is 0 Å². The van der Waals surface area contributed by atoms with Crippen LogP contribution in [0.3, 0.4) is 0 Å². The SMILES string of the molecule is Cc1cc(OCc2c(F)cccc2F)n2ncc(OC(=O)O)c2c1. The fourth-order valence-corrected chi connectivity index (χ4v) is 2.26. The van der Waals surface area contributed by atoms with Crippen molar-refractivity contribution in [1.82, 2.24) is 9.61 Å². The van der Waals surface area contributed by atoms with Crippen molar-refractivity contribution < 1.29 is 28.2 Å². The van der Waals surface area contributed by atoms with Gasteiger partial charge < -0.3 is 14.6 Å². The second-order valence-corrected chi connectivity index (χ2v) is 5.03. The van der Waals surface area contributed by atoms with Gasteiger partial charge in [-0.3, -0.25) is 0 Å². The van der Waals surface area contributed by atoms with Gasteiger partial charge in [0.25, 0.3) is 0 Å². The number of benzene rings is 1. The van der Waals surface area contributed by atoms with Crippen LogP contribution in [0, 0.1) is 18.6 Å².